The van der Waals surface area contributed by atoms with Gasteiger partial charge in [0.15, 0.2) is 0 Å². The van der Waals surface area contributed by atoms with Gasteiger partial charge in [-0.2, -0.15) is 0 Å². The molecule has 0 spiro atoms. The molecule has 0 aliphatic rings. The molecule has 0 radical (unpaired) electrons. The summed E-state index contributed by atoms with van der Waals surface area (Å²) in [6, 6.07) is 8.52. The maximum Gasteiger partial charge on any atom is 0.315 e. The van der Waals surface area contributed by atoms with E-state index >= 15 is 0 Å². The van der Waals surface area contributed by atoms with Gasteiger partial charge in [-0.25, -0.2) is 0 Å². The Labute approximate surface area is 114 Å². The number of nitrogens with one attached hydrogen (secondary N) is 2. The lowest BCUT2D eigenvalue weighted by Gasteiger charge is -2.01. The van der Waals surface area contributed by atoms with E-state index in [-0.39, 0.29) is 0 Å². The Hall–Kier alpha value is -1.40. The highest BCUT2D eigenvalue weighted by Crippen LogP contribution is 2.12. The molecule has 1 heterocycles. The first-order chi connectivity index (χ1) is 8.78. The summed E-state index contributed by atoms with van der Waals surface area (Å²) in [5.74, 6) is 0.593. The van der Waals surface area contributed by atoms with Crippen LogP contribution in [0.15, 0.2) is 33.2 Å². The van der Waals surface area contributed by atoms with Crippen molar-refractivity contribution in [3.05, 3.63) is 40.2 Å². The lowest BCUT2D eigenvalue weighted by Crippen LogP contribution is -2.11. The molecule has 2 aromatic rings. The normalized spacial score (nSPS) is 10.6. The van der Waals surface area contributed by atoms with Crippen molar-refractivity contribution in [1.29, 1.82) is 0 Å². The summed E-state index contributed by atoms with van der Waals surface area (Å²) in [4.78, 5) is 0. The van der Waals surface area contributed by atoms with E-state index in [9.17, 15) is 0 Å². The summed E-state index contributed by atoms with van der Waals surface area (Å²) in [5.41, 5.74) is 1.16. The van der Waals surface area contributed by atoms with E-state index in [1.807, 2.05) is 31.2 Å². The third-order valence-corrected chi connectivity index (χ3v) is 2.88. The molecule has 0 saturated heterocycles. The van der Waals surface area contributed by atoms with Gasteiger partial charge in [0.1, 0.15) is 0 Å². The van der Waals surface area contributed by atoms with E-state index in [1.54, 1.807) is 0 Å². The molecule has 0 amide bonds. The first kappa shape index (κ1) is 13.0. The number of anilines is 1. The number of benzene rings is 1. The molecule has 0 atom stereocenters. The van der Waals surface area contributed by atoms with Crippen LogP contribution in [-0.2, 0) is 13.1 Å². The van der Waals surface area contributed by atoms with Gasteiger partial charge in [0, 0.05) is 11.0 Å². The molecule has 0 bridgehead atoms. The van der Waals surface area contributed by atoms with Crippen molar-refractivity contribution in [3.8, 4) is 0 Å². The minimum Gasteiger partial charge on any atom is -0.407 e. The van der Waals surface area contributed by atoms with Crippen LogP contribution in [0.2, 0.25) is 0 Å². The molecule has 5 nitrogen and oxygen atoms in total. The van der Waals surface area contributed by atoms with Crippen LogP contribution >= 0.6 is 15.9 Å². The predicted octanol–water partition coefficient (Wildman–Crippen LogP) is 2.55. The second kappa shape index (κ2) is 6.51. The molecular weight excluding hydrogens is 296 g/mol. The number of halogens is 1. The zero-order valence-corrected chi connectivity index (χ0v) is 11.7. The SMILES string of the molecule is CCNCc1nnc(NCc2ccc(Br)cc2)o1. The van der Waals surface area contributed by atoms with E-state index in [0.29, 0.717) is 25.0 Å². The van der Waals surface area contributed by atoms with E-state index in [1.165, 1.54) is 0 Å². The number of nitrogens with zero attached hydrogens (tertiary/aromatic N) is 2. The van der Waals surface area contributed by atoms with Crippen molar-refractivity contribution >= 4 is 21.9 Å². The van der Waals surface area contributed by atoms with Gasteiger partial charge in [0.05, 0.1) is 6.54 Å². The van der Waals surface area contributed by atoms with Crippen molar-refractivity contribution in [1.82, 2.24) is 15.5 Å². The van der Waals surface area contributed by atoms with Crippen LogP contribution in [-0.4, -0.2) is 16.7 Å². The zero-order chi connectivity index (χ0) is 12.8. The smallest absolute Gasteiger partial charge is 0.315 e. The quantitative estimate of drug-likeness (QED) is 0.858. The average Bonchev–Trinajstić information content (AvgIpc) is 2.84. The molecule has 1 aromatic heterocycles. The molecule has 1 aromatic carbocycles. The van der Waals surface area contributed by atoms with E-state index in [0.717, 1.165) is 16.6 Å². The van der Waals surface area contributed by atoms with Gasteiger partial charge in [0.25, 0.3) is 0 Å². The molecular formula is C12H15BrN4O. The molecule has 96 valence electrons. The van der Waals surface area contributed by atoms with Crippen LogP contribution in [0.1, 0.15) is 18.4 Å². The van der Waals surface area contributed by atoms with Crippen molar-refractivity contribution < 1.29 is 4.42 Å². The van der Waals surface area contributed by atoms with E-state index in [4.69, 9.17) is 4.42 Å². The van der Waals surface area contributed by atoms with Gasteiger partial charge in [-0.3, -0.25) is 0 Å². The van der Waals surface area contributed by atoms with Crippen molar-refractivity contribution in [3.63, 3.8) is 0 Å². The summed E-state index contributed by atoms with van der Waals surface area (Å²) in [6.45, 7) is 4.17. The molecule has 0 fully saturated rings. The monoisotopic (exact) mass is 310 g/mol. The Kier molecular flexibility index (Phi) is 4.72. The van der Waals surface area contributed by atoms with Crippen LogP contribution < -0.4 is 10.6 Å². The lowest BCUT2D eigenvalue weighted by atomic mass is 10.2. The lowest BCUT2D eigenvalue weighted by molar-refractivity contribution is 0.481. The van der Waals surface area contributed by atoms with Gasteiger partial charge in [-0.15, -0.1) is 5.10 Å². The Morgan fingerprint density at radius 1 is 1.17 bits per heavy atom. The van der Waals surface area contributed by atoms with Crippen LogP contribution in [0.5, 0.6) is 0 Å². The highest BCUT2D eigenvalue weighted by molar-refractivity contribution is 9.10. The Morgan fingerprint density at radius 3 is 2.67 bits per heavy atom. The maximum atomic E-state index is 5.43. The topological polar surface area (TPSA) is 63.0 Å². The molecule has 0 aliphatic heterocycles. The van der Waals surface area contributed by atoms with Crippen LogP contribution in [0.25, 0.3) is 0 Å². The van der Waals surface area contributed by atoms with Gasteiger partial charge in [-0.05, 0) is 24.2 Å². The summed E-state index contributed by atoms with van der Waals surface area (Å²) in [5, 5.41) is 14.1. The zero-order valence-electron chi connectivity index (χ0n) is 10.1. The summed E-state index contributed by atoms with van der Waals surface area (Å²) in [6.07, 6.45) is 0. The third-order valence-electron chi connectivity index (χ3n) is 2.35. The van der Waals surface area contributed by atoms with E-state index in [2.05, 4.69) is 36.8 Å². The Morgan fingerprint density at radius 2 is 1.94 bits per heavy atom. The van der Waals surface area contributed by atoms with Crippen molar-refractivity contribution in [2.24, 2.45) is 0 Å². The minimum absolute atomic E-state index is 0.450. The Bertz CT molecular complexity index is 483. The molecule has 18 heavy (non-hydrogen) atoms. The fourth-order valence-corrected chi connectivity index (χ4v) is 1.67. The average molecular weight is 311 g/mol. The summed E-state index contributed by atoms with van der Waals surface area (Å²) >= 11 is 3.40. The first-order valence-corrected chi connectivity index (χ1v) is 6.58. The molecule has 0 unspecified atom stereocenters. The number of rotatable bonds is 6. The number of hydrogen-bond acceptors (Lipinski definition) is 5. The van der Waals surface area contributed by atoms with Crippen molar-refractivity contribution in [2.45, 2.75) is 20.0 Å². The second-order valence-corrected chi connectivity index (χ2v) is 4.68. The molecule has 0 saturated carbocycles. The molecule has 0 aliphatic carbocycles. The highest BCUT2D eigenvalue weighted by atomic mass is 79.9. The molecule has 2 N–H and O–H groups in total. The van der Waals surface area contributed by atoms with Crippen molar-refractivity contribution in [2.75, 3.05) is 11.9 Å². The van der Waals surface area contributed by atoms with Crippen LogP contribution in [0.4, 0.5) is 6.01 Å². The standard InChI is InChI=1S/C12H15BrN4O/c1-2-14-8-11-16-17-12(18-11)15-7-9-3-5-10(13)6-4-9/h3-6,14H,2,7-8H2,1H3,(H,15,17). The maximum absolute atomic E-state index is 5.43. The van der Waals surface area contributed by atoms with Gasteiger partial charge in [0.2, 0.25) is 5.89 Å². The molecule has 2 rings (SSSR count). The summed E-state index contributed by atoms with van der Waals surface area (Å²) in [7, 11) is 0. The second-order valence-electron chi connectivity index (χ2n) is 3.76. The fourth-order valence-electron chi connectivity index (χ4n) is 1.41. The third kappa shape index (κ3) is 3.82. The van der Waals surface area contributed by atoms with Gasteiger partial charge >= 0.3 is 6.01 Å². The number of aromatic nitrogens is 2. The van der Waals surface area contributed by atoms with Gasteiger partial charge < -0.3 is 15.1 Å². The predicted molar refractivity (Wildman–Crippen MR) is 73.1 cm³/mol. The number of hydrogen-bond donors (Lipinski definition) is 2. The minimum atomic E-state index is 0.450. The van der Waals surface area contributed by atoms with Crippen LogP contribution in [0.3, 0.4) is 0 Å². The highest BCUT2D eigenvalue weighted by Gasteiger charge is 2.04. The fraction of sp³-hybridized carbons (Fsp3) is 0.333. The largest absolute Gasteiger partial charge is 0.407 e. The Balaban J connectivity index is 1.86. The summed E-state index contributed by atoms with van der Waals surface area (Å²) < 4.78 is 6.49. The van der Waals surface area contributed by atoms with Crippen LogP contribution in [0, 0.1) is 0 Å². The van der Waals surface area contributed by atoms with Gasteiger partial charge in [-0.1, -0.05) is 40.1 Å². The molecule has 6 heteroatoms. The first-order valence-electron chi connectivity index (χ1n) is 5.79. The van der Waals surface area contributed by atoms with E-state index < -0.39 is 0 Å².